The molecular formula is C26H30FN3O4. The summed E-state index contributed by atoms with van der Waals surface area (Å²) in [5.74, 6) is -1.18. The number of morpholine rings is 1. The maximum Gasteiger partial charge on any atom is 0.253 e. The van der Waals surface area contributed by atoms with Gasteiger partial charge in [0.2, 0.25) is 5.91 Å². The van der Waals surface area contributed by atoms with Gasteiger partial charge in [-0.1, -0.05) is 23.8 Å². The van der Waals surface area contributed by atoms with Gasteiger partial charge in [0.1, 0.15) is 11.9 Å². The van der Waals surface area contributed by atoms with Crippen molar-refractivity contribution in [2.24, 2.45) is 5.92 Å². The number of ether oxygens (including phenoxy) is 1. The van der Waals surface area contributed by atoms with Crippen molar-refractivity contribution in [2.75, 3.05) is 39.4 Å². The summed E-state index contributed by atoms with van der Waals surface area (Å²) in [5.41, 5.74) is 1.79. The van der Waals surface area contributed by atoms with Gasteiger partial charge in [0.25, 0.3) is 11.8 Å². The average Bonchev–Trinajstić information content (AvgIpc) is 2.87. The highest BCUT2D eigenvalue weighted by atomic mass is 19.1. The fourth-order valence-corrected chi connectivity index (χ4v) is 4.61. The number of nitrogens with one attached hydrogen (secondary N) is 1. The summed E-state index contributed by atoms with van der Waals surface area (Å²) in [7, 11) is 0. The molecule has 1 atom stereocenters. The predicted octanol–water partition coefficient (Wildman–Crippen LogP) is 2.64. The van der Waals surface area contributed by atoms with Crippen LogP contribution in [0.2, 0.25) is 0 Å². The Balaban J connectivity index is 1.47. The molecule has 4 rings (SSSR count). The minimum absolute atomic E-state index is 0.110. The molecule has 2 fully saturated rings. The molecule has 1 N–H and O–H groups in total. The Labute approximate surface area is 198 Å². The van der Waals surface area contributed by atoms with Crippen LogP contribution < -0.4 is 5.32 Å². The molecule has 0 spiro atoms. The van der Waals surface area contributed by atoms with E-state index in [1.54, 1.807) is 28.0 Å². The minimum Gasteiger partial charge on any atom is -0.378 e. The molecule has 0 unspecified atom stereocenters. The maximum absolute atomic E-state index is 13.6. The van der Waals surface area contributed by atoms with Crippen molar-refractivity contribution < 1.29 is 23.5 Å². The van der Waals surface area contributed by atoms with Crippen LogP contribution in [0.1, 0.15) is 39.1 Å². The lowest BCUT2D eigenvalue weighted by Crippen LogP contribution is -2.56. The smallest absolute Gasteiger partial charge is 0.253 e. The highest BCUT2D eigenvalue weighted by Gasteiger charge is 2.36. The number of carbonyl (C=O) groups is 3. The van der Waals surface area contributed by atoms with E-state index in [-0.39, 0.29) is 23.6 Å². The summed E-state index contributed by atoms with van der Waals surface area (Å²) in [5, 5.41) is 2.99. The molecule has 3 amide bonds. The highest BCUT2D eigenvalue weighted by molar-refractivity contribution is 5.98. The van der Waals surface area contributed by atoms with Gasteiger partial charge in [0.05, 0.1) is 13.2 Å². The number of hydrogen-bond donors (Lipinski definition) is 1. The second-order valence-corrected chi connectivity index (χ2v) is 8.90. The largest absolute Gasteiger partial charge is 0.378 e. The van der Waals surface area contributed by atoms with Crippen LogP contribution in [0.25, 0.3) is 0 Å². The summed E-state index contributed by atoms with van der Waals surface area (Å²) < 4.78 is 18.9. The number of likely N-dealkylation sites (tertiary alicyclic amines) is 1. The molecule has 2 aromatic rings. The monoisotopic (exact) mass is 467 g/mol. The van der Waals surface area contributed by atoms with E-state index in [4.69, 9.17) is 4.74 Å². The lowest BCUT2D eigenvalue weighted by molar-refractivity contribution is -0.139. The molecule has 2 aliphatic rings. The van der Waals surface area contributed by atoms with E-state index in [1.165, 1.54) is 18.2 Å². The van der Waals surface area contributed by atoms with Crippen molar-refractivity contribution in [3.63, 3.8) is 0 Å². The Kier molecular flexibility index (Phi) is 7.57. The molecule has 8 heteroatoms. The summed E-state index contributed by atoms with van der Waals surface area (Å²) in [6.45, 7) is 4.73. The van der Waals surface area contributed by atoms with Crippen molar-refractivity contribution in [3.8, 4) is 0 Å². The molecule has 0 saturated carbocycles. The predicted molar refractivity (Wildman–Crippen MR) is 125 cm³/mol. The van der Waals surface area contributed by atoms with Crippen LogP contribution in [0.4, 0.5) is 4.39 Å². The lowest BCUT2D eigenvalue weighted by atomic mass is 9.87. The molecule has 2 aromatic carbocycles. The molecule has 2 aliphatic heterocycles. The van der Waals surface area contributed by atoms with E-state index in [1.807, 2.05) is 19.1 Å². The Bertz CT molecular complexity index is 1050. The second-order valence-electron chi connectivity index (χ2n) is 8.90. The van der Waals surface area contributed by atoms with Crippen LogP contribution >= 0.6 is 0 Å². The van der Waals surface area contributed by atoms with Crippen molar-refractivity contribution >= 4 is 17.7 Å². The number of benzene rings is 2. The van der Waals surface area contributed by atoms with Gasteiger partial charge in [0, 0.05) is 37.3 Å². The first-order valence-electron chi connectivity index (χ1n) is 11.7. The first kappa shape index (κ1) is 23.9. The number of piperidine rings is 1. The number of rotatable bonds is 5. The normalized spacial score (nSPS) is 17.8. The van der Waals surface area contributed by atoms with Gasteiger partial charge in [0.15, 0.2) is 0 Å². The summed E-state index contributed by atoms with van der Waals surface area (Å²) >= 11 is 0. The van der Waals surface area contributed by atoms with Crippen molar-refractivity contribution in [1.82, 2.24) is 15.1 Å². The van der Waals surface area contributed by atoms with E-state index in [0.717, 1.165) is 5.56 Å². The van der Waals surface area contributed by atoms with Crippen LogP contribution in [-0.2, 0) is 9.53 Å². The summed E-state index contributed by atoms with van der Waals surface area (Å²) in [6.07, 6.45) is 1.13. The number of halogens is 1. The van der Waals surface area contributed by atoms with Gasteiger partial charge in [-0.2, -0.15) is 0 Å². The first-order chi connectivity index (χ1) is 16.4. The van der Waals surface area contributed by atoms with Crippen LogP contribution in [0, 0.1) is 18.7 Å². The van der Waals surface area contributed by atoms with E-state index < -0.39 is 11.9 Å². The Hall–Kier alpha value is -3.26. The molecule has 2 heterocycles. The molecule has 0 radical (unpaired) electrons. The number of aryl methyl sites for hydroxylation is 1. The fourth-order valence-electron chi connectivity index (χ4n) is 4.61. The van der Waals surface area contributed by atoms with Crippen LogP contribution in [0.15, 0.2) is 48.5 Å². The zero-order chi connectivity index (χ0) is 24.1. The molecule has 2 saturated heterocycles. The number of hydrogen-bond acceptors (Lipinski definition) is 4. The minimum atomic E-state index is -0.683. The topological polar surface area (TPSA) is 79.0 Å². The summed E-state index contributed by atoms with van der Waals surface area (Å²) in [6, 6.07) is 12.3. The van der Waals surface area contributed by atoms with Crippen LogP contribution in [-0.4, -0.2) is 73.0 Å². The number of nitrogens with zero attached hydrogens (tertiary/aromatic N) is 2. The van der Waals surface area contributed by atoms with Gasteiger partial charge in [-0.05, 0) is 56.0 Å². The Morgan fingerprint density at radius 3 is 2.29 bits per heavy atom. The molecule has 0 aliphatic carbocycles. The second kappa shape index (κ2) is 10.8. The standard InChI is InChI=1S/C26H30FN3O4/c1-18-4-2-5-20(16-18)24(31)28-23(26(33)30-12-14-34-15-13-30)19-8-10-29(11-9-19)25(32)21-6-3-7-22(27)17-21/h2-7,16-17,19,23H,8-15H2,1H3,(H,28,31)/t23-/m0/s1. The van der Waals surface area contributed by atoms with Gasteiger partial charge >= 0.3 is 0 Å². The van der Waals surface area contributed by atoms with E-state index >= 15 is 0 Å². The van der Waals surface area contributed by atoms with E-state index in [0.29, 0.717) is 63.4 Å². The molecule has 34 heavy (non-hydrogen) atoms. The molecule has 0 aromatic heterocycles. The number of amides is 3. The molecule has 180 valence electrons. The van der Waals surface area contributed by atoms with Crippen molar-refractivity contribution in [2.45, 2.75) is 25.8 Å². The van der Waals surface area contributed by atoms with Gasteiger partial charge in [-0.25, -0.2) is 4.39 Å². The van der Waals surface area contributed by atoms with Gasteiger partial charge in [-0.15, -0.1) is 0 Å². The maximum atomic E-state index is 13.6. The van der Waals surface area contributed by atoms with Gasteiger partial charge in [-0.3, -0.25) is 14.4 Å². The van der Waals surface area contributed by atoms with Crippen LogP contribution in [0.5, 0.6) is 0 Å². The quantitative estimate of drug-likeness (QED) is 0.733. The fraction of sp³-hybridized carbons (Fsp3) is 0.423. The molecule has 0 bridgehead atoms. The molecular weight excluding hydrogens is 437 g/mol. The third-order valence-electron chi connectivity index (χ3n) is 6.53. The third kappa shape index (κ3) is 5.62. The molecule has 7 nitrogen and oxygen atoms in total. The number of carbonyl (C=O) groups excluding carboxylic acids is 3. The SMILES string of the molecule is Cc1cccc(C(=O)N[C@H](C(=O)N2CCOCC2)C2CCN(C(=O)c3cccc(F)c3)CC2)c1. The van der Waals surface area contributed by atoms with E-state index in [2.05, 4.69) is 5.32 Å². The zero-order valence-corrected chi connectivity index (χ0v) is 19.3. The van der Waals surface area contributed by atoms with Crippen molar-refractivity contribution in [1.29, 1.82) is 0 Å². The third-order valence-corrected chi connectivity index (χ3v) is 6.53. The Morgan fingerprint density at radius 1 is 0.941 bits per heavy atom. The van der Waals surface area contributed by atoms with Crippen LogP contribution in [0.3, 0.4) is 0 Å². The van der Waals surface area contributed by atoms with Crippen molar-refractivity contribution in [3.05, 3.63) is 71.0 Å². The zero-order valence-electron chi connectivity index (χ0n) is 19.3. The Morgan fingerprint density at radius 2 is 1.62 bits per heavy atom. The summed E-state index contributed by atoms with van der Waals surface area (Å²) in [4.78, 5) is 42.7. The highest BCUT2D eigenvalue weighted by Crippen LogP contribution is 2.24. The van der Waals surface area contributed by atoms with E-state index in [9.17, 15) is 18.8 Å². The first-order valence-corrected chi connectivity index (χ1v) is 11.7. The van der Waals surface area contributed by atoms with Gasteiger partial charge < -0.3 is 19.9 Å². The average molecular weight is 468 g/mol. The lowest BCUT2D eigenvalue weighted by Gasteiger charge is -2.38.